The summed E-state index contributed by atoms with van der Waals surface area (Å²) in [7, 11) is 0. The van der Waals surface area contributed by atoms with Crippen molar-refractivity contribution in [1.29, 1.82) is 0 Å². The lowest BCUT2D eigenvalue weighted by Gasteiger charge is -2.25. The maximum atomic E-state index is 13.2. The molecule has 1 N–H and O–H groups in total. The monoisotopic (exact) mass is 478 g/mol. The topological polar surface area (TPSA) is 89.0 Å². The lowest BCUT2D eigenvalue weighted by Crippen LogP contribution is -2.29. The molecule has 0 spiro atoms. The number of ketones is 1. The molecule has 1 saturated heterocycles. The highest BCUT2D eigenvalue weighted by Gasteiger charge is 2.47. The molecule has 1 unspecified atom stereocenters. The van der Waals surface area contributed by atoms with Gasteiger partial charge in [0.05, 0.1) is 29.9 Å². The minimum atomic E-state index is -0.877. The van der Waals surface area contributed by atoms with E-state index in [0.29, 0.717) is 46.5 Å². The Bertz CT molecular complexity index is 1240. The van der Waals surface area contributed by atoms with Crippen molar-refractivity contribution >= 4 is 34.7 Å². The second-order valence-electron chi connectivity index (χ2n) is 7.46. The number of aromatic nitrogens is 1. The first-order valence-electron chi connectivity index (χ1n) is 10.8. The summed E-state index contributed by atoms with van der Waals surface area (Å²) in [6, 6.07) is 14.1. The van der Waals surface area contributed by atoms with Crippen molar-refractivity contribution in [3.8, 4) is 11.5 Å². The number of hydrogen-bond acceptors (Lipinski definition) is 6. The molecule has 2 aromatic carbocycles. The van der Waals surface area contributed by atoms with Crippen LogP contribution in [0.15, 0.2) is 72.6 Å². The van der Waals surface area contributed by atoms with Crippen LogP contribution >= 0.6 is 11.6 Å². The molecule has 0 bridgehead atoms. The van der Waals surface area contributed by atoms with Crippen LogP contribution in [-0.4, -0.2) is 35.0 Å². The normalized spacial score (nSPS) is 17.1. The standard InChI is InChI=1S/C26H23ClN2O5/c1-3-33-19-10-8-18(9-11-19)29-23(17-6-5-13-28-15-17)22(25(31)26(29)32)24(30)16-7-12-20(27)21(14-16)34-4-2/h5-15,23,30H,3-4H2,1-2H3/b24-22-. The molecule has 1 aliphatic rings. The molecule has 1 aromatic heterocycles. The number of anilines is 1. The molecule has 7 nitrogen and oxygen atoms in total. The number of Topliss-reactive ketones (excluding diaryl/α,β-unsaturated/α-hetero) is 1. The molecule has 0 radical (unpaired) electrons. The minimum Gasteiger partial charge on any atom is -0.507 e. The Morgan fingerprint density at radius 1 is 1.06 bits per heavy atom. The zero-order valence-electron chi connectivity index (χ0n) is 18.7. The Morgan fingerprint density at radius 3 is 2.44 bits per heavy atom. The smallest absolute Gasteiger partial charge is 0.300 e. The van der Waals surface area contributed by atoms with E-state index in [4.69, 9.17) is 21.1 Å². The van der Waals surface area contributed by atoms with Gasteiger partial charge in [-0.3, -0.25) is 19.5 Å². The van der Waals surface area contributed by atoms with Crippen LogP contribution in [0.1, 0.15) is 31.0 Å². The van der Waals surface area contributed by atoms with Crippen molar-refractivity contribution < 1.29 is 24.2 Å². The fraction of sp³-hybridized carbons (Fsp3) is 0.192. The van der Waals surface area contributed by atoms with Crippen LogP contribution in [0.25, 0.3) is 5.76 Å². The number of rotatable bonds is 7. The molecule has 1 aliphatic heterocycles. The summed E-state index contributed by atoms with van der Waals surface area (Å²) in [5, 5.41) is 11.6. The van der Waals surface area contributed by atoms with Gasteiger partial charge in [-0.05, 0) is 67.9 Å². The Morgan fingerprint density at radius 2 is 1.79 bits per heavy atom. The van der Waals surface area contributed by atoms with Gasteiger partial charge in [0.15, 0.2) is 0 Å². The number of benzene rings is 2. The molecule has 174 valence electrons. The molecule has 1 amide bonds. The molecule has 1 fully saturated rings. The summed E-state index contributed by atoms with van der Waals surface area (Å²) in [6.45, 7) is 4.57. The third-order valence-corrected chi connectivity index (χ3v) is 5.69. The van der Waals surface area contributed by atoms with Crippen molar-refractivity contribution in [2.45, 2.75) is 19.9 Å². The SMILES string of the molecule is CCOc1ccc(N2C(=O)C(=O)/C(=C(\O)c3ccc(Cl)c(OCC)c3)C2c2cccnc2)cc1. The van der Waals surface area contributed by atoms with E-state index in [-0.39, 0.29) is 11.3 Å². The fourth-order valence-electron chi connectivity index (χ4n) is 3.89. The highest BCUT2D eigenvalue weighted by Crippen LogP contribution is 2.42. The van der Waals surface area contributed by atoms with Crippen LogP contribution in [0, 0.1) is 0 Å². The summed E-state index contributed by atoms with van der Waals surface area (Å²) < 4.78 is 11.0. The van der Waals surface area contributed by atoms with Crippen molar-refractivity contribution in [3.05, 3.63) is 88.7 Å². The first-order valence-corrected chi connectivity index (χ1v) is 11.2. The van der Waals surface area contributed by atoms with E-state index in [9.17, 15) is 14.7 Å². The highest BCUT2D eigenvalue weighted by molar-refractivity contribution is 6.51. The number of carbonyl (C=O) groups is 2. The molecule has 8 heteroatoms. The Kier molecular flexibility index (Phi) is 6.84. The number of halogens is 1. The average molecular weight is 479 g/mol. The molecule has 3 aromatic rings. The molecule has 34 heavy (non-hydrogen) atoms. The van der Waals surface area contributed by atoms with Crippen molar-refractivity contribution in [2.24, 2.45) is 0 Å². The van der Waals surface area contributed by atoms with Gasteiger partial charge in [0.1, 0.15) is 17.3 Å². The number of hydrogen-bond donors (Lipinski definition) is 1. The highest BCUT2D eigenvalue weighted by atomic mass is 35.5. The van der Waals surface area contributed by atoms with Gasteiger partial charge >= 0.3 is 0 Å². The zero-order valence-corrected chi connectivity index (χ0v) is 19.5. The van der Waals surface area contributed by atoms with Gasteiger partial charge in [0, 0.05) is 23.6 Å². The van der Waals surface area contributed by atoms with E-state index >= 15 is 0 Å². The van der Waals surface area contributed by atoms with Gasteiger partial charge in [-0.1, -0.05) is 17.7 Å². The minimum absolute atomic E-state index is 0.0448. The fourth-order valence-corrected chi connectivity index (χ4v) is 4.07. The van der Waals surface area contributed by atoms with Crippen LogP contribution < -0.4 is 14.4 Å². The second-order valence-corrected chi connectivity index (χ2v) is 7.87. The van der Waals surface area contributed by atoms with Crippen LogP contribution in [0.3, 0.4) is 0 Å². The summed E-state index contributed by atoms with van der Waals surface area (Å²) in [5.41, 5.74) is 1.34. The number of ether oxygens (including phenoxy) is 2. The summed E-state index contributed by atoms with van der Waals surface area (Å²) in [6.07, 6.45) is 3.17. The molecule has 2 heterocycles. The predicted octanol–water partition coefficient (Wildman–Crippen LogP) is 5.16. The lowest BCUT2D eigenvalue weighted by molar-refractivity contribution is -0.132. The Labute approximate surface area is 202 Å². The zero-order chi connectivity index (χ0) is 24.2. The molecule has 0 saturated carbocycles. The maximum Gasteiger partial charge on any atom is 0.300 e. The predicted molar refractivity (Wildman–Crippen MR) is 129 cm³/mol. The number of amides is 1. The summed E-state index contributed by atoms with van der Waals surface area (Å²) >= 11 is 6.18. The molecular formula is C26H23ClN2O5. The lowest BCUT2D eigenvalue weighted by atomic mass is 9.96. The number of pyridine rings is 1. The summed E-state index contributed by atoms with van der Waals surface area (Å²) in [5.74, 6) is -0.859. The Hall–Kier alpha value is -3.84. The second kappa shape index (κ2) is 9.97. The molecular weight excluding hydrogens is 456 g/mol. The number of aliphatic hydroxyl groups excluding tert-OH is 1. The molecule has 4 rings (SSSR count). The van der Waals surface area contributed by atoms with E-state index < -0.39 is 17.7 Å². The summed E-state index contributed by atoms with van der Waals surface area (Å²) in [4.78, 5) is 31.9. The van der Waals surface area contributed by atoms with Gasteiger partial charge in [-0.25, -0.2) is 0 Å². The average Bonchev–Trinajstić information content (AvgIpc) is 3.12. The van der Waals surface area contributed by atoms with Gasteiger partial charge in [-0.2, -0.15) is 0 Å². The van der Waals surface area contributed by atoms with Gasteiger partial charge in [0.25, 0.3) is 11.7 Å². The van der Waals surface area contributed by atoms with Crippen LogP contribution in [-0.2, 0) is 9.59 Å². The Balaban J connectivity index is 1.87. The van der Waals surface area contributed by atoms with Gasteiger partial charge in [-0.15, -0.1) is 0 Å². The van der Waals surface area contributed by atoms with Crippen molar-refractivity contribution in [3.63, 3.8) is 0 Å². The van der Waals surface area contributed by atoms with E-state index in [1.165, 1.54) is 4.90 Å². The number of nitrogens with zero attached hydrogens (tertiary/aromatic N) is 2. The third-order valence-electron chi connectivity index (χ3n) is 5.37. The van der Waals surface area contributed by atoms with Crippen LogP contribution in [0.4, 0.5) is 5.69 Å². The van der Waals surface area contributed by atoms with Crippen molar-refractivity contribution in [2.75, 3.05) is 18.1 Å². The van der Waals surface area contributed by atoms with E-state index in [1.807, 2.05) is 13.8 Å². The van der Waals surface area contributed by atoms with Gasteiger partial charge in [0.2, 0.25) is 0 Å². The van der Waals surface area contributed by atoms with E-state index in [0.717, 1.165) is 0 Å². The number of aliphatic hydroxyl groups is 1. The van der Waals surface area contributed by atoms with E-state index in [2.05, 4.69) is 4.98 Å². The molecule has 0 aliphatic carbocycles. The van der Waals surface area contributed by atoms with E-state index in [1.54, 1.807) is 67.0 Å². The maximum absolute atomic E-state index is 13.2. The first kappa shape index (κ1) is 23.3. The third kappa shape index (κ3) is 4.34. The van der Waals surface area contributed by atoms with Crippen LogP contribution in [0.2, 0.25) is 5.02 Å². The van der Waals surface area contributed by atoms with Crippen LogP contribution in [0.5, 0.6) is 11.5 Å². The first-order chi connectivity index (χ1) is 16.5. The van der Waals surface area contributed by atoms with Gasteiger partial charge < -0.3 is 14.6 Å². The van der Waals surface area contributed by atoms with Crippen molar-refractivity contribution in [1.82, 2.24) is 4.98 Å². The largest absolute Gasteiger partial charge is 0.507 e. The quantitative estimate of drug-likeness (QED) is 0.286. The number of carbonyl (C=O) groups excluding carboxylic acids is 2. The molecule has 1 atom stereocenters.